The van der Waals surface area contributed by atoms with Crippen LogP contribution < -0.4 is 15.4 Å². The Kier molecular flexibility index (Phi) is 7.41. The Bertz CT molecular complexity index is 817. The van der Waals surface area contributed by atoms with E-state index in [-0.39, 0.29) is 13.0 Å². The van der Waals surface area contributed by atoms with E-state index in [0.29, 0.717) is 10.9 Å². The van der Waals surface area contributed by atoms with E-state index >= 15 is 0 Å². The molecule has 0 spiro atoms. The van der Waals surface area contributed by atoms with E-state index in [0.717, 1.165) is 0 Å². The molecule has 0 saturated carbocycles. The van der Waals surface area contributed by atoms with Crippen LogP contribution in [0, 0.1) is 5.41 Å². The summed E-state index contributed by atoms with van der Waals surface area (Å²) >= 11 is 5.83. The minimum absolute atomic E-state index is 0.0647. The molecule has 0 radical (unpaired) electrons. The lowest BCUT2D eigenvalue weighted by Crippen LogP contribution is -2.60. The molecule has 0 aliphatic carbocycles. The van der Waals surface area contributed by atoms with E-state index in [4.69, 9.17) is 16.3 Å². The molecule has 1 aliphatic heterocycles. The number of carbonyl (C=O) groups excluding carboxylic acids is 2. The second-order valence-corrected chi connectivity index (χ2v) is 10.2. The number of aromatic nitrogens is 1. The van der Waals surface area contributed by atoms with Gasteiger partial charge in [0.05, 0.1) is 11.6 Å². The third kappa shape index (κ3) is 6.99. The number of carbonyl (C=O) groups is 3. The number of amides is 3. The van der Waals surface area contributed by atoms with E-state index in [1.165, 1.54) is 11.1 Å². The molecule has 0 bridgehead atoms. The second-order valence-electron chi connectivity index (χ2n) is 9.78. The lowest BCUT2D eigenvalue weighted by atomic mass is 9.85. The van der Waals surface area contributed by atoms with Crippen LogP contribution in [-0.2, 0) is 9.59 Å². The van der Waals surface area contributed by atoms with Crippen LogP contribution in [0.1, 0.15) is 48.0 Å². The molecule has 1 aromatic rings. The van der Waals surface area contributed by atoms with Crippen molar-refractivity contribution in [1.29, 1.82) is 0 Å². The molecule has 1 aromatic heterocycles. The lowest BCUT2D eigenvalue weighted by Gasteiger charge is -2.35. The van der Waals surface area contributed by atoms with Crippen LogP contribution in [0.25, 0.3) is 0 Å². The smallest absolute Gasteiger partial charge is 0.326 e. The zero-order chi connectivity index (χ0) is 23.6. The van der Waals surface area contributed by atoms with Crippen LogP contribution in [0.2, 0.25) is 5.02 Å². The average Bonchev–Trinajstić information content (AvgIpc) is 3.03. The van der Waals surface area contributed by atoms with Gasteiger partial charge in [-0.2, -0.15) is 0 Å². The van der Waals surface area contributed by atoms with Crippen molar-refractivity contribution >= 4 is 29.5 Å². The van der Waals surface area contributed by atoms with E-state index in [2.05, 4.69) is 15.6 Å². The maximum absolute atomic E-state index is 13.4. The van der Waals surface area contributed by atoms with Gasteiger partial charge in [0, 0.05) is 24.2 Å². The minimum Gasteiger partial charge on any atom is -0.480 e. The molecule has 3 amide bonds. The fourth-order valence-corrected chi connectivity index (χ4v) is 3.40. The Morgan fingerprint density at radius 3 is 2.35 bits per heavy atom. The predicted octanol–water partition coefficient (Wildman–Crippen LogP) is 2.68. The van der Waals surface area contributed by atoms with Gasteiger partial charge in [0.1, 0.15) is 18.2 Å². The van der Waals surface area contributed by atoms with Crippen LogP contribution in [0.3, 0.4) is 0 Å². The van der Waals surface area contributed by atoms with Crippen LogP contribution in [0.5, 0.6) is 5.88 Å². The monoisotopic (exact) mass is 454 g/mol. The normalized spacial score (nSPS) is 20.2. The molecule has 2 heterocycles. The summed E-state index contributed by atoms with van der Waals surface area (Å²) in [6, 6.07) is 0.708. The van der Waals surface area contributed by atoms with Gasteiger partial charge >= 0.3 is 12.0 Å². The SMILES string of the molecule is CC(C)(C)NC(=O)N[C@H](C(=O)N1C[C@H](Oc2ccc(Cl)cn2)C[C@H]1C(=O)O)C(C)(C)C. The molecule has 1 aliphatic rings. The van der Waals surface area contributed by atoms with Gasteiger partial charge in [-0.25, -0.2) is 14.6 Å². The van der Waals surface area contributed by atoms with Crippen molar-refractivity contribution in [1.82, 2.24) is 20.5 Å². The summed E-state index contributed by atoms with van der Waals surface area (Å²) in [7, 11) is 0. The number of carboxylic acid groups (broad SMARTS) is 1. The number of aliphatic carboxylic acids is 1. The zero-order valence-electron chi connectivity index (χ0n) is 18.7. The van der Waals surface area contributed by atoms with Crippen molar-refractivity contribution in [2.75, 3.05) is 6.54 Å². The molecule has 3 atom stereocenters. The first-order valence-electron chi connectivity index (χ1n) is 10.1. The molecular formula is C21H31ClN4O5. The summed E-state index contributed by atoms with van der Waals surface area (Å²) in [6.45, 7) is 11.0. The number of hydrogen-bond acceptors (Lipinski definition) is 5. The van der Waals surface area contributed by atoms with Crippen molar-refractivity contribution in [3.63, 3.8) is 0 Å². The van der Waals surface area contributed by atoms with Crippen molar-refractivity contribution in [2.24, 2.45) is 5.41 Å². The highest BCUT2D eigenvalue weighted by Gasteiger charge is 2.46. The molecule has 1 saturated heterocycles. The second kappa shape index (κ2) is 9.30. The summed E-state index contributed by atoms with van der Waals surface area (Å²) in [6.07, 6.45) is 0.982. The topological polar surface area (TPSA) is 121 Å². The Morgan fingerprint density at radius 1 is 1.23 bits per heavy atom. The zero-order valence-corrected chi connectivity index (χ0v) is 19.5. The third-order valence-corrected chi connectivity index (χ3v) is 4.92. The summed E-state index contributed by atoms with van der Waals surface area (Å²) in [5.74, 6) is -1.31. The Morgan fingerprint density at radius 2 is 1.87 bits per heavy atom. The maximum atomic E-state index is 13.4. The first kappa shape index (κ1) is 24.7. The largest absolute Gasteiger partial charge is 0.480 e. The molecule has 172 valence electrons. The summed E-state index contributed by atoms with van der Waals surface area (Å²) in [4.78, 5) is 43.0. The molecule has 3 N–H and O–H groups in total. The number of carboxylic acids is 1. The molecule has 1 fully saturated rings. The van der Waals surface area contributed by atoms with E-state index in [1.807, 2.05) is 41.5 Å². The first-order valence-corrected chi connectivity index (χ1v) is 10.5. The van der Waals surface area contributed by atoms with Gasteiger partial charge in [0.2, 0.25) is 11.8 Å². The number of likely N-dealkylation sites (tertiary alicyclic amines) is 1. The molecule has 31 heavy (non-hydrogen) atoms. The fraction of sp³-hybridized carbons (Fsp3) is 0.619. The van der Waals surface area contributed by atoms with Crippen molar-refractivity contribution in [2.45, 2.75) is 71.7 Å². The standard InChI is InChI=1S/C21H31ClN4O5/c1-20(2,3)16(24-19(30)25-21(4,5)6)17(27)26-11-13(9-14(26)18(28)29)31-15-8-7-12(22)10-23-15/h7-8,10,13-14,16H,9,11H2,1-6H3,(H,28,29)(H2,24,25,30)/t13-,14+,16-/m1/s1. The summed E-state index contributed by atoms with van der Waals surface area (Å²) < 4.78 is 5.78. The van der Waals surface area contributed by atoms with Gasteiger partial charge in [-0.15, -0.1) is 0 Å². The van der Waals surface area contributed by atoms with E-state index in [9.17, 15) is 19.5 Å². The molecule has 2 rings (SSSR count). The lowest BCUT2D eigenvalue weighted by molar-refractivity contribution is -0.150. The number of hydrogen-bond donors (Lipinski definition) is 3. The van der Waals surface area contributed by atoms with Gasteiger partial charge < -0.3 is 25.4 Å². The predicted molar refractivity (Wildman–Crippen MR) is 116 cm³/mol. The highest BCUT2D eigenvalue weighted by atomic mass is 35.5. The van der Waals surface area contributed by atoms with Gasteiger partial charge in [0.25, 0.3) is 0 Å². The molecule has 0 unspecified atom stereocenters. The van der Waals surface area contributed by atoms with Crippen LogP contribution in [-0.4, -0.2) is 63.2 Å². The average molecular weight is 455 g/mol. The van der Waals surface area contributed by atoms with Gasteiger partial charge in [-0.05, 0) is 32.3 Å². The van der Waals surface area contributed by atoms with Gasteiger partial charge in [0.15, 0.2) is 0 Å². The Hall–Kier alpha value is -2.55. The molecule has 9 nitrogen and oxygen atoms in total. The number of rotatable bonds is 5. The highest BCUT2D eigenvalue weighted by Crippen LogP contribution is 2.28. The number of ether oxygens (including phenoxy) is 1. The van der Waals surface area contributed by atoms with Gasteiger partial charge in [-0.1, -0.05) is 32.4 Å². The summed E-state index contributed by atoms with van der Waals surface area (Å²) in [5.41, 5.74) is -1.14. The van der Waals surface area contributed by atoms with E-state index < -0.39 is 47.0 Å². The van der Waals surface area contributed by atoms with Crippen molar-refractivity contribution in [3.05, 3.63) is 23.4 Å². The minimum atomic E-state index is -1.13. The molecule has 10 heteroatoms. The van der Waals surface area contributed by atoms with Crippen molar-refractivity contribution < 1.29 is 24.2 Å². The Balaban J connectivity index is 2.19. The number of halogens is 1. The number of nitrogens with zero attached hydrogens (tertiary/aromatic N) is 2. The number of pyridine rings is 1. The highest BCUT2D eigenvalue weighted by molar-refractivity contribution is 6.30. The Labute approximate surface area is 187 Å². The molecular weight excluding hydrogens is 424 g/mol. The fourth-order valence-electron chi connectivity index (χ4n) is 3.29. The van der Waals surface area contributed by atoms with Crippen LogP contribution in [0.4, 0.5) is 4.79 Å². The first-order chi connectivity index (χ1) is 14.2. The number of urea groups is 1. The molecule has 0 aromatic carbocycles. The van der Waals surface area contributed by atoms with Crippen LogP contribution >= 0.6 is 11.6 Å². The quantitative estimate of drug-likeness (QED) is 0.629. The van der Waals surface area contributed by atoms with Crippen molar-refractivity contribution in [3.8, 4) is 5.88 Å². The summed E-state index contributed by atoms with van der Waals surface area (Å²) in [5, 5.41) is 15.6. The third-order valence-electron chi connectivity index (χ3n) is 4.70. The van der Waals surface area contributed by atoms with Gasteiger partial charge in [-0.3, -0.25) is 4.79 Å². The van der Waals surface area contributed by atoms with E-state index in [1.54, 1.807) is 12.1 Å². The number of nitrogens with one attached hydrogen (secondary N) is 2. The maximum Gasteiger partial charge on any atom is 0.326 e. The van der Waals surface area contributed by atoms with Crippen LogP contribution in [0.15, 0.2) is 18.3 Å².